The van der Waals surface area contributed by atoms with Crippen LogP contribution < -0.4 is 0 Å². The van der Waals surface area contributed by atoms with Crippen LogP contribution in [0, 0.1) is 6.92 Å². The van der Waals surface area contributed by atoms with E-state index in [0.717, 1.165) is 18.7 Å². The first kappa shape index (κ1) is 14.5. The quantitative estimate of drug-likeness (QED) is 0.846. The van der Waals surface area contributed by atoms with Gasteiger partial charge in [-0.05, 0) is 37.5 Å². The number of fused-ring (bicyclic) bond motifs is 1. The van der Waals surface area contributed by atoms with Crippen LogP contribution in [0.3, 0.4) is 0 Å². The first-order valence-corrected chi connectivity index (χ1v) is 8.42. The van der Waals surface area contributed by atoms with E-state index in [1.807, 2.05) is 37.3 Å². The molecule has 2 aromatic rings. The Kier molecular flexibility index (Phi) is 3.66. The monoisotopic (exact) mass is 306 g/mol. The molecule has 0 saturated carbocycles. The zero-order valence-corrected chi connectivity index (χ0v) is 13.5. The predicted molar refractivity (Wildman–Crippen MR) is 91.1 cm³/mol. The van der Waals surface area contributed by atoms with E-state index in [0.29, 0.717) is 6.04 Å². The normalized spacial score (nSPS) is 24.0. The molecule has 2 aliphatic heterocycles. The maximum Gasteiger partial charge on any atom is 0.255 e. The Morgan fingerprint density at radius 2 is 1.78 bits per heavy atom. The van der Waals surface area contributed by atoms with Crippen LogP contribution in [-0.4, -0.2) is 34.8 Å². The summed E-state index contributed by atoms with van der Waals surface area (Å²) in [7, 11) is 0. The fraction of sp³-hybridized carbons (Fsp3) is 0.350. The number of hydrogen-bond acceptors (Lipinski definition) is 2. The van der Waals surface area contributed by atoms with E-state index >= 15 is 0 Å². The topological polar surface area (TPSA) is 23.6 Å². The van der Waals surface area contributed by atoms with Crippen molar-refractivity contribution in [3.8, 4) is 0 Å². The summed E-state index contributed by atoms with van der Waals surface area (Å²) in [6.07, 6.45) is 2.51. The molecule has 4 rings (SSSR count). The second-order valence-electron chi connectivity index (χ2n) is 6.64. The minimum Gasteiger partial charge on any atom is -0.317 e. The molecule has 2 aromatic carbocycles. The highest BCUT2D eigenvalue weighted by Gasteiger charge is 2.44. The number of benzene rings is 2. The van der Waals surface area contributed by atoms with Crippen LogP contribution in [0.15, 0.2) is 54.6 Å². The van der Waals surface area contributed by atoms with Gasteiger partial charge in [0.05, 0.1) is 0 Å². The van der Waals surface area contributed by atoms with Crippen molar-refractivity contribution in [2.45, 2.75) is 32.0 Å². The second-order valence-corrected chi connectivity index (χ2v) is 6.64. The van der Waals surface area contributed by atoms with Crippen molar-refractivity contribution in [1.29, 1.82) is 0 Å². The van der Waals surface area contributed by atoms with Crippen LogP contribution in [0.4, 0.5) is 0 Å². The van der Waals surface area contributed by atoms with Gasteiger partial charge in [0.15, 0.2) is 0 Å². The van der Waals surface area contributed by atoms with Gasteiger partial charge in [0.25, 0.3) is 5.91 Å². The molecule has 2 heterocycles. The lowest BCUT2D eigenvalue weighted by atomic mass is 10.1. The summed E-state index contributed by atoms with van der Waals surface area (Å²) >= 11 is 0. The molecule has 0 N–H and O–H groups in total. The number of rotatable bonds is 2. The number of aryl methyl sites for hydroxylation is 1. The van der Waals surface area contributed by atoms with Crippen molar-refractivity contribution < 1.29 is 4.79 Å². The lowest BCUT2D eigenvalue weighted by Crippen LogP contribution is -2.35. The zero-order chi connectivity index (χ0) is 15.8. The van der Waals surface area contributed by atoms with Crippen molar-refractivity contribution in [2.75, 3.05) is 13.1 Å². The third kappa shape index (κ3) is 2.55. The highest BCUT2D eigenvalue weighted by molar-refractivity contribution is 5.94. The van der Waals surface area contributed by atoms with Gasteiger partial charge in [-0.25, -0.2) is 0 Å². The first-order valence-electron chi connectivity index (χ1n) is 8.42. The van der Waals surface area contributed by atoms with Crippen molar-refractivity contribution in [1.82, 2.24) is 9.80 Å². The molecule has 0 aromatic heterocycles. The second kappa shape index (κ2) is 5.82. The van der Waals surface area contributed by atoms with Crippen LogP contribution in [0.25, 0.3) is 0 Å². The summed E-state index contributed by atoms with van der Waals surface area (Å²) in [5, 5.41) is 0. The summed E-state index contributed by atoms with van der Waals surface area (Å²) < 4.78 is 0. The van der Waals surface area contributed by atoms with Crippen LogP contribution in [-0.2, 0) is 0 Å². The van der Waals surface area contributed by atoms with E-state index < -0.39 is 0 Å². The maximum absolute atomic E-state index is 13.1. The van der Waals surface area contributed by atoms with Gasteiger partial charge in [-0.2, -0.15) is 0 Å². The molecule has 118 valence electrons. The fourth-order valence-corrected chi connectivity index (χ4v) is 3.93. The van der Waals surface area contributed by atoms with Gasteiger partial charge in [-0.1, -0.05) is 48.0 Å². The van der Waals surface area contributed by atoms with Gasteiger partial charge in [0, 0.05) is 24.7 Å². The Bertz CT molecular complexity index is 695. The standard InChI is InChI=1S/C20H22N2O/c1-15-9-11-17(12-10-15)20(23)22-14-18-8-5-13-21(18)19(22)16-6-3-2-4-7-16/h2-4,6-7,9-12,18-19H,5,8,13-14H2,1H3. The summed E-state index contributed by atoms with van der Waals surface area (Å²) in [5.74, 6) is 0.147. The van der Waals surface area contributed by atoms with E-state index in [1.54, 1.807) is 0 Å². The van der Waals surface area contributed by atoms with Gasteiger partial charge >= 0.3 is 0 Å². The molecule has 2 saturated heterocycles. The molecule has 2 aliphatic rings. The number of carbonyl (C=O) groups excluding carboxylic acids is 1. The Labute approximate surface area is 137 Å². The first-order chi connectivity index (χ1) is 11.2. The molecule has 1 amide bonds. The largest absolute Gasteiger partial charge is 0.317 e. The summed E-state index contributed by atoms with van der Waals surface area (Å²) in [5.41, 5.74) is 3.19. The van der Waals surface area contributed by atoms with E-state index in [9.17, 15) is 4.79 Å². The van der Waals surface area contributed by atoms with Gasteiger partial charge < -0.3 is 4.90 Å². The SMILES string of the molecule is Cc1ccc(C(=O)N2CC3CCCN3C2c2ccccc2)cc1. The van der Waals surface area contributed by atoms with Crippen LogP contribution in [0.5, 0.6) is 0 Å². The van der Waals surface area contributed by atoms with Crippen LogP contribution >= 0.6 is 0 Å². The molecule has 3 nitrogen and oxygen atoms in total. The third-order valence-corrected chi connectivity index (χ3v) is 5.10. The molecule has 0 bridgehead atoms. The minimum atomic E-state index is 0.0810. The maximum atomic E-state index is 13.1. The molecule has 23 heavy (non-hydrogen) atoms. The molecule has 0 spiro atoms. The summed E-state index contributed by atoms with van der Waals surface area (Å²) in [6.45, 7) is 3.97. The van der Waals surface area contributed by atoms with Crippen molar-refractivity contribution in [3.63, 3.8) is 0 Å². The summed E-state index contributed by atoms with van der Waals surface area (Å²) in [4.78, 5) is 17.6. The van der Waals surface area contributed by atoms with Crippen molar-refractivity contribution in [2.24, 2.45) is 0 Å². The molecule has 2 atom stereocenters. The van der Waals surface area contributed by atoms with E-state index in [1.165, 1.54) is 24.0 Å². The fourth-order valence-electron chi connectivity index (χ4n) is 3.93. The van der Waals surface area contributed by atoms with Gasteiger partial charge in [-0.3, -0.25) is 9.69 Å². The smallest absolute Gasteiger partial charge is 0.255 e. The van der Waals surface area contributed by atoms with Crippen molar-refractivity contribution in [3.05, 3.63) is 71.3 Å². The zero-order valence-electron chi connectivity index (χ0n) is 13.5. The molecule has 2 unspecified atom stereocenters. The number of amides is 1. The average Bonchev–Trinajstić information content (AvgIpc) is 3.16. The molecule has 0 aliphatic carbocycles. The molecule has 3 heteroatoms. The van der Waals surface area contributed by atoms with E-state index in [4.69, 9.17) is 0 Å². The Balaban J connectivity index is 1.68. The lowest BCUT2D eigenvalue weighted by Gasteiger charge is -2.30. The summed E-state index contributed by atoms with van der Waals surface area (Å²) in [6, 6.07) is 18.9. The molecular weight excluding hydrogens is 284 g/mol. The number of nitrogens with zero attached hydrogens (tertiary/aromatic N) is 2. The van der Waals surface area contributed by atoms with Gasteiger partial charge in [0.1, 0.15) is 6.17 Å². The van der Waals surface area contributed by atoms with Gasteiger partial charge in [-0.15, -0.1) is 0 Å². The minimum absolute atomic E-state index is 0.0810. The molecule has 0 radical (unpaired) electrons. The van der Waals surface area contributed by atoms with Gasteiger partial charge in [0.2, 0.25) is 0 Å². The Morgan fingerprint density at radius 1 is 1.04 bits per heavy atom. The van der Waals surface area contributed by atoms with Crippen LogP contribution in [0.2, 0.25) is 0 Å². The highest BCUT2D eigenvalue weighted by atomic mass is 16.2. The highest BCUT2D eigenvalue weighted by Crippen LogP contribution is 2.39. The Morgan fingerprint density at radius 3 is 2.52 bits per heavy atom. The third-order valence-electron chi connectivity index (χ3n) is 5.10. The average molecular weight is 306 g/mol. The Hall–Kier alpha value is -2.13. The van der Waals surface area contributed by atoms with E-state index in [-0.39, 0.29) is 12.1 Å². The number of carbonyl (C=O) groups is 1. The van der Waals surface area contributed by atoms with E-state index in [2.05, 4.69) is 34.1 Å². The lowest BCUT2D eigenvalue weighted by molar-refractivity contribution is 0.0639. The van der Waals surface area contributed by atoms with Crippen molar-refractivity contribution >= 4 is 5.91 Å². The number of hydrogen-bond donors (Lipinski definition) is 0. The molecule has 2 fully saturated rings. The van der Waals surface area contributed by atoms with Crippen LogP contribution in [0.1, 0.15) is 40.5 Å². The molecular formula is C20H22N2O. The predicted octanol–water partition coefficient (Wildman–Crippen LogP) is 3.61.